The summed E-state index contributed by atoms with van der Waals surface area (Å²) in [5.74, 6) is 0. The van der Waals surface area contributed by atoms with Crippen molar-refractivity contribution in [3.63, 3.8) is 0 Å². The number of phosphoric ester groups is 1. The molecule has 140 valence electrons. The maximum absolute atomic E-state index is 11.2. The summed E-state index contributed by atoms with van der Waals surface area (Å²) in [5.41, 5.74) is 2.62. The van der Waals surface area contributed by atoms with Gasteiger partial charge < -0.3 is 14.7 Å². The second kappa shape index (κ2) is 11.8. The summed E-state index contributed by atoms with van der Waals surface area (Å²) in [7, 11) is -9.83. The van der Waals surface area contributed by atoms with Crippen LogP contribution in [0.4, 0.5) is 0 Å². The Hall–Kier alpha value is 0.210. The Bertz CT molecular complexity index is 574. The third-order valence-electron chi connectivity index (χ3n) is 2.72. The van der Waals surface area contributed by atoms with Crippen LogP contribution in [-0.2, 0) is 18.0 Å². The first kappa shape index (κ1) is 24.2. The fraction of sp³-hybridized carbons (Fsp3) is 0.571. The third-order valence-corrected chi connectivity index (χ3v) is 5.85. The first-order valence-corrected chi connectivity index (χ1v) is 11.4. The van der Waals surface area contributed by atoms with Gasteiger partial charge in [-0.1, -0.05) is 23.3 Å². The van der Waals surface area contributed by atoms with Crippen molar-refractivity contribution in [2.75, 3.05) is 6.61 Å². The molecule has 0 aliphatic rings. The smallest absolute Gasteiger partial charge is 0.302 e. The molecule has 0 aromatic rings. The molecule has 0 spiro atoms. The second-order valence-electron chi connectivity index (χ2n) is 5.40. The van der Waals surface area contributed by atoms with E-state index in [1.165, 1.54) is 11.1 Å². The van der Waals surface area contributed by atoms with Crippen molar-refractivity contribution < 1.29 is 32.6 Å². The predicted molar refractivity (Wildman–Crippen MR) is 103 cm³/mol. The van der Waals surface area contributed by atoms with Crippen LogP contribution < -0.4 is 0 Å². The van der Waals surface area contributed by atoms with Crippen LogP contribution in [0.3, 0.4) is 0 Å². The first-order valence-electron chi connectivity index (χ1n) is 7.29. The van der Waals surface area contributed by atoms with Crippen LogP contribution in [0.15, 0.2) is 33.0 Å². The summed E-state index contributed by atoms with van der Waals surface area (Å²) in [5, 5.41) is 0. The molecule has 10 heteroatoms. The molecule has 7 nitrogen and oxygen atoms in total. The average molecular weight is 494 g/mol. The fourth-order valence-electron chi connectivity index (χ4n) is 1.63. The van der Waals surface area contributed by atoms with Crippen molar-refractivity contribution in [1.82, 2.24) is 0 Å². The van der Waals surface area contributed by atoms with Crippen LogP contribution in [-0.4, -0.2) is 21.3 Å². The molecular weight excluding hydrogens is 469 g/mol. The molecule has 3 N–H and O–H groups in total. The van der Waals surface area contributed by atoms with Gasteiger partial charge in [-0.25, -0.2) is 9.13 Å². The van der Waals surface area contributed by atoms with Gasteiger partial charge >= 0.3 is 15.6 Å². The molecule has 0 aliphatic heterocycles. The van der Waals surface area contributed by atoms with E-state index in [1.54, 1.807) is 6.08 Å². The van der Waals surface area contributed by atoms with Gasteiger partial charge in [-0.2, -0.15) is 4.31 Å². The lowest BCUT2D eigenvalue weighted by molar-refractivity contribution is 0.191. The first-order chi connectivity index (χ1) is 10.9. The Balaban J connectivity index is 4.18. The zero-order chi connectivity index (χ0) is 18.8. The van der Waals surface area contributed by atoms with E-state index in [1.807, 2.05) is 0 Å². The van der Waals surface area contributed by atoms with Crippen molar-refractivity contribution >= 4 is 38.2 Å². The minimum atomic E-state index is -5.07. The molecule has 0 rings (SSSR count). The van der Waals surface area contributed by atoms with Gasteiger partial charge in [0.25, 0.3) is 0 Å². The zero-order valence-corrected chi connectivity index (χ0v) is 18.0. The Morgan fingerprint density at radius 2 is 1.58 bits per heavy atom. The number of rotatable bonds is 11. The predicted octanol–water partition coefficient (Wildman–Crippen LogP) is 5.00. The standard InChI is InChI=1S/C14H25IO7P2/c1-12(2)6-4-7-13(3)8-5-9-14(15)10-11-21-24(19,20)22-23(16,17)18/h6,8,10H,4-5,7,9,11H2,1-3H3,(H,19,20)(H2,16,17,18)/b13-8+,14-10+. The van der Waals surface area contributed by atoms with Gasteiger partial charge in [-0.05, 0) is 78.7 Å². The van der Waals surface area contributed by atoms with E-state index in [0.29, 0.717) is 0 Å². The summed E-state index contributed by atoms with van der Waals surface area (Å²) >= 11 is 2.08. The summed E-state index contributed by atoms with van der Waals surface area (Å²) in [4.78, 5) is 26.0. The Morgan fingerprint density at radius 3 is 2.12 bits per heavy atom. The molecule has 1 unspecified atom stereocenters. The molecule has 0 aromatic heterocycles. The Kier molecular flexibility index (Phi) is 11.9. The van der Waals surface area contributed by atoms with Crippen molar-refractivity contribution in [3.05, 3.63) is 33.0 Å². The average Bonchev–Trinajstić information content (AvgIpc) is 2.34. The van der Waals surface area contributed by atoms with E-state index >= 15 is 0 Å². The van der Waals surface area contributed by atoms with Crippen LogP contribution in [0, 0.1) is 0 Å². The van der Waals surface area contributed by atoms with Crippen LogP contribution in [0.25, 0.3) is 0 Å². The van der Waals surface area contributed by atoms with E-state index in [0.717, 1.165) is 29.3 Å². The lowest BCUT2D eigenvalue weighted by Crippen LogP contribution is -1.94. The van der Waals surface area contributed by atoms with Crippen molar-refractivity contribution in [1.29, 1.82) is 0 Å². The molecule has 0 radical (unpaired) electrons. The molecule has 0 saturated heterocycles. The second-order valence-corrected chi connectivity index (χ2v) is 9.61. The minimum absolute atomic E-state index is 0.269. The van der Waals surface area contributed by atoms with E-state index < -0.39 is 15.6 Å². The zero-order valence-electron chi connectivity index (χ0n) is 14.0. The van der Waals surface area contributed by atoms with Gasteiger partial charge in [-0.3, -0.25) is 4.52 Å². The van der Waals surface area contributed by atoms with Gasteiger partial charge in [0, 0.05) is 0 Å². The van der Waals surface area contributed by atoms with Gasteiger partial charge in [0.2, 0.25) is 0 Å². The summed E-state index contributed by atoms with van der Waals surface area (Å²) in [6.45, 7) is 5.96. The lowest BCUT2D eigenvalue weighted by atomic mass is 10.1. The highest BCUT2D eigenvalue weighted by molar-refractivity contribution is 14.1. The molecule has 0 aromatic carbocycles. The number of hydrogen-bond donors (Lipinski definition) is 3. The lowest BCUT2D eigenvalue weighted by Gasteiger charge is -2.11. The van der Waals surface area contributed by atoms with Crippen LogP contribution in [0.2, 0.25) is 0 Å². The quantitative estimate of drug-likeness (QED) is 0.210. The molecule has 0 amide bonds. The van der Waals surface area contributed by atoms with Gasteiger partial charge in [0.15, 0.2) is 0 Å². The van der Waals surface area contributed by atoms with Gasteiger partial charge in [0.05, 0.1) is 6.61 Å². The number of allylic oxidation sites excluding steroid dienone is 5. The SMILES string of the molecule is CC(C)=CCC/C(C)=C/CC/C(I)=C\COP(=O)(O)OP(=O)(O)O. The maximum Gasteiger partial charge on any atom is 0.481 e. The monoisotopic (exact) mass is 494 g/mol. The third kappa shape index (κ3) is 15.7. The molecule has 0 saturated carbocycles. The number of phosphoric acid groups is 2. The van der Waals surface area contributed by atoms with Crippen molar-refractivity contribution in [3.8, 4) is 0 Å². The Morgan fingerprint density at radius 1 is 1.00 bits per heavy atom. The van der Waals surface area contributed by atoms with E-state index in [9.17, 15) is 9.13 Å². The van der Waals surface area contributed by atoms with E-state index in [-0.39, 0.29) is 6.61 Å². The molecular formula is C14H25IO7P2. The van der Waals surface area contributed by atoms with E-state index in [2.05, 4.69) is 64.3 Å². The van der Waals surface area contributed by atoms with Gasteiger partial charge in [-0.15, -0.1) is 0 Å². The molecule has 24 heavy (non-hydrogen) atoms. The topological polar surface area (TPSA) is 113 Å². The molecule has 0 bridgehead atoms. The molecule has 0 aliphatic carbocycles. The summed E-state index contributed by atoms with van der Waals surface area (Å²) in [6.07, 6.45) is 9.55. The minimum Gasteiger partial charge on any atom is -0.302 e. The fourth-order valence-corrected chi connectivity index (χ4v) is 3.65. The van der Waals surface area contributed by atoms with E-state index in [4.69, 9.17) is 14.7 Å². The van der Waals surface area contributed by atoms with Crippen LogP contribution in [0.5, 0.6) is 0 Å². The highest BCUT2D eigenvalue weighted by Gasteiger charge is 2.31. The van der Waals surface area contributed by atoms with Gasteiger partial charge in [0.1, 0.15) is 0 Å². The van der Waals surface area contributed by atoms with Crippen LogP contribution >= 0.6 is 38.2 Å². The Labute approximate surface area is 156 Å². The number of hydrogen-bond acceptors (Lipinski definition) is 4. The van der Waals surface area contributed by atoms with Crippen molar-refractivity contribution in [2.24, 2.45) is 0 Å². The highest BCUT2D eigenvalue weighted by atomic mass is 127. The normalized spacial score (nSPS) is 16.0. The molecule has 1 atom stereocenters. The maximum atomic E-state index is 11.2. The number of halogens is 1. The molecule has 0 fully saturated rings. The molecule has 0 heterocycles. The summed E-state index contributed by atoms with van der Waals surface area (Å²) < 4.78 is 30.8. The van der Waals surface area contributed by atoms with Crippen molar-refractivity contribution in [2.45, 2.75) is 46.5 Å². The van der Waals surface area contributed by atoms with Crippen LogP contribution in [0.1, 0.15) is 46.5 Å². The highest BCUT2D eigenvalue weighted by Crippen LogP contribution is 2.57. The largest absolute Gasteiger partial charge is 0.481 e. The summed E-state index contributed by atoms with van der Waals surface area (Å²) in [6, 6.07) is 0.